The summed E-state index contributed by atoms with van der Waals surface area (Å²) in [5.41, 5.74) is 0.691. The first-order chi connectivity index (χ1) is 11.1. The summed E-state index contributed by atoms with van der Waals surface area (Å²) in [5, 5.41) is 12.8. The van der Waals surface area contributed by atoms with Crippen LogP contribution in [0.2, 0.25) is 5.02 Å². The molecule has 0 aliphatic heterocycles. The minimum absolute atomic E-state index is 0.352. The van der Waals surface area contributed by atoms with Crippen molar-refractivity contribution in [3.05, 3.63) is 45.9 Å². The first-order valence-electron chi connectivity index (χ1n) is 6.71. The Kier molecular flexibility index (Phi) is 5.99. The molecule has 0 saturated heterocycles. The normalized spacial score (nSPS) is 9.43. The fraction of sp³-hybridized carbons (Fsp3) is 0.188. The van der Waals surface area contributed by atoms with Gasteiger partial charge in [0.05, 0.1) is 6.20 Å². The second kappa shape index (κ2) is 8.19. The van der Waals surface area contributed by atoms with Gasteiger partial charge >= 0.3 is 0 Å². The molecule has 0 aliphatic carbocycles. The van der Waals surface area contributed by atoms with Gasteiger partial charge in [-0.3, -0.25) is 4.79 Å². The van der Waals surface area contributed by atoms with Crippen molar-refractivity contribution in [2.24, 2.45) is 0 Å². The molecule has 1 aromatic heterocycles. The van der Waals surface area contributed by atoms with E-state index in [1.807, 2.05) is 18.0 Å². The van der Waals surface area contributed by atoms with E-state index in [0.717, 1.165) is 5.13 Å². The molecule has 0 spiro atoms. The fourth-order valence-electron chi connectivity index (χ4n) is 1.67. The molecule has 0 aliphatic rings. The van der Waals surface area contributed by atoms with Crippen molar-refractivity contribution in [3.63, 3.8) is 0 Å². The summed E-state index contributed by atoms with van der Waals surface area (Å²) in [7, 11) is 1.85. The number of carbonyl (C=O) groups excluding carboxylic acids is 1. The van der Waals surface area contributed by atoms with Gasteiger partial charge in [-0.2, -0.15) is 5.26 Å². The number of amides is 1. The van der Waals surface area contributed by atoms with Crippen molar-refractivity contribution in [2.75, 3.05) is 25.0 Å². The van der Waals surface area contributed by atoms with Crippen molar-refractivity contribution < 1.29 is 4.79 Å². The molecule has 0 fully saturated rings. The Bertz CT molecular complexity index is 800. The Morgan fingerprint density at radius 1 is 1.52 bits per heavy atom. The summed E-state index contributed by atoms with van der Waals surface area (Å²) in [6, 6.07) is 9.06. The van der Waals surface area contributed by atoms with Crippen LogP contribution in [-0.2, 0) is 4.79 Å². The highest BCUT2D eigenvalue weighted by Gasteiger charge is 2.06. The largest absolute Gasteiger partial charge is 0.349 e. The third kappa shape index (κ3) is 5.30. The van der Waals surface area contributed by atoms with E-state index < -0.39 is 0 Å². The molecule has 116 valence electrons. The molecular formula is C16H13ClN4OS. The Balaban J connectivity index is 1.80. The maximum absolute atomic E-state index is 11.7. The molecule has 1 aromatic carbocycles. The zero-order valence-corrected chi connectivity index (χ0v) is 13.9. The quantitative estimate of drug-likeness (QED) is 0.864. The number of aromatic nitrogens is 1. The lowest BCUT2D eigenvalue weighted by Gasteiger charge is -2.14. The van der Waals surface area contributed by atoms with Crippen molar-refractivity contribution in [3.8, 4) is 17.9 Å². The van der Waals surface area contributed by atoms with Crippen LogP contribution in [0.1, 0.15) is 10.4 Å². The highest BCUT2D eigenvalue weighted by Crippen LogP contribution is 2.19. The molecule has 0 saturated carbocycles. The van der Waals surface area contributed by atoms with Crippen molar-refractivity contribution in [2.45, 2.75) is 0 Å². The lowest BCUT2D eigenvalue weighted by atomic mass is 10.2. The number of nitrogens with zero attached hydrogens (tertiary/aromatic N) is 3. The van der Waals surface area contributed by atoms with E-state index in [1.165, 1.54) is 17.5 Å². The Labute approximate surface area is 143 Å². The van der Waals surface area contributed by atoms with Crippen LogP contribution in [0.4, 0.5) is 5.13 Å². The summed E-state index contributed by atoms with van der Waals surface area (Å²) < 4.78 is 0. The molecule has 2 rings (SSSR count). The van der Waals surface area contributed by atoms with Gasteiger partial charge in [-0.15, -0.1) is 0 Å². The molecule has 1 amide bonds. The number of nitrogens with one attached hydrogen (secondary N) is 1. The second-order valence-corrected chi connectivity index (χ2v) is 6.00. The number of benzene rings is 1. The number of hydrogen-bond donors (Lipinski definition) is 1. The van der Waals surface area contributed by atoms with Crippen LogP contribution < -0.4 is 10.2 Å². The topological polar surface area (TPSA) is 69.0 Å². The predicted molar refractivity (Wildman–Crippen MR) is 91.4 cm³/mol. The molecule has 2 aromatic rings. The molecule has 0 atom stereocenters. The smallest absolute Gasteiger partial charge is 0.296 e. The lowest BCUT2D eigenvalue weighted by Crippen LogP contribution is -2.32. The van der Waals surface area contributed by atoms with Gasteiger partial charge in [0.15, 0.2) is 5.13 Å². The first kappa shape index (κ1) is 16.8. The number of nitriles is 1. The van der Waals surface area contributed by atoms with Gasteiger partial charge in [-0.05, 0) is 18.2 Å². The highest BCUT2D eigenvalue weighted by molar-refractivity contribution is 7.16. The van der Waals surface area contributed by atoms with Gasteiger partial charge in [-0.25, -0.2) is 4.98 Å². The number of anilines is 1. The van der Waals surface area contributed by atoms with Crippen LogP contribution in [0.25, 0.3) is 0 Å². The SMILES string of the molecule is CN(CCNC(=O)C#Cc1cccc(Cl)c1)c1ncc(C#N)s1. The minimum Gasteiger partial charge on any atom is -0.349 e. The standard InChI is InChI=1S/C16H13ClN4OS/c1-21(16-20-11-14(10-18)23-16)8-7-19-15(22)6-5-12-3-2-4-13(17)9-12/h2-4,9,11H,7-8H2,1H3,(H,19,22). The monoisotopic (exact) mass is 344 g/mol. The average molecular weight is 345 g/mol. The Hall–Kier alpha value is -2.54. The van der Waals surface area contributed by atoms with E-state index in [9.17, 15) is 4.79 Å². The average Bonchev–Trinajstić information content (AvgIpc) is 3.02. The molecular weight excluding hydrogens is 332 g/mol. The van der Waals surface area contributed by atoms with E-state index in [4.69, 9.17) is 16.9 Å². The molecule has 0 bridgehead atoms. The number of hydrogen-bond acceptors (Lipinski definition) is 5. The van der Waals surface area contributed by atoms with Gasteiger partial charge in [0.25, 0.3) is 5.91 Å². The van der Waals surface area contributed by atoms with E-state index in [0.29, 0.717) is 28.6 Å². The van der Waals surface area contributed by atoms with Gasteiger partial charge in [0, 0.05) is 36.6 Å². The van der Waals surface area contributed by atoms with Gasteiger partial charge in [0.1, 0.15) is 10.9 Å². The van der Waals surface area contributed by atoms with Gasteiger partial charge < -0.3 is 10.2 Å². The van der Waals surface area contributed by atoms with Gasteiger partial charge in [-0.1, -0.05) is 34.9 Å². The summed E-state index contributed by atoms with van der Waals surface area (Å²) in [5.74, 6) is 4.93. The first-order valence-corrected chi connectivity index (χ1v) is 7.90. The van der Waals surface area contributed by atoms with E-state index in [1.54, 1.807) is 24.3 Å². The third-order valence-electron chi connectivity index (χ3n) is 2.81. The van der Waals surface area contributed by atoms with Crippen LogP contribution >= 0.6 is 22.9 Å². The predicted octanol–water partition coefficient (Wildman–Crippen LogP) is 2.27. The van der Waals surface area contributed by atoms with E-state index in [2.05, 4.69) is 22.1 Å². The van der Waals surface area contributed by atoms with Crippen LogP contribution in [0.3, 0.4) is 0 Å². The maximum Gasteiger partial charge on any atom is 0.296 e. The second-order valence-electron chi connectivity index (χ2n) is 4.56. The van der Waals surface area contributed by atoms with Crippen LogP contribution in [0.15, 0.2) is 30.5 Å². The number of rotatable bonds is 4. The maximum atomic E-state index is 11.7. The lowest BCUT2D eigenvalue weighted by molar-refractivity contribution is -0.115. The Morgan fingerprint density at radius 3 is 3.04 bits per heavy atom. The molecule has 23 heavy (non-hydrogen) atoms. The summed E-state index contributed by atoms with van der Waals surface area (Å²) in [6.07, 6.45) is 1.53. The summed E-state index contributed by atoms with van der Waals surface area (Å²) in [4.78, 5) is 18.2. The third-order valence-corrected chi connectivity index (χ3v) is 4.06. The van der Waals surface area contributed by atoms with Crippen LogP contribution in [-0.4, -0.2) is 31.0 Å². The van der Waals surface area contributed by atoms with Crippen molar-refractivity contribution in [1.29, 1.82) is 5.26 Å². The Morgan fingerprint density at radius 2 is 2.35 bits per heavy atom. The molecule has 7 heteroatoms. The zero-order chi connectivity index (χ0) is 16.7. The van der Waals surface area contributed by atoms with E-state index in [-0.39, 0.29) is 5.91 Å². The molecule has 1 N–H and O–H groups in total. The number of likely N-dealkylation sites (N-methyl/N-ethyl adjacent to an activating group) is 1. The molecule has 5 nitrogen and oxygen atoms in total. The molecule has 0 radical (unpaired) electrons. The number of carbonyl (C=O) groups is 1. The van der Waals surface area contributed by atoms with Crippen LogP contribution in [0, 0.1) is 23.2 Å². The van der Waals surface area contributed by atoms with E-state index >= 15 is 0 Å². The minimum atomic E-state index is -0.352. The number of thiazole rings is 1. The van der Waals surface area contributed by atoms with Crippen molar-refractivity contribution >= 4 is 34.0 Å². The fourth-order valence-corrected chi connectivity index (χ4v) is 2.56. The molecule has 1 heterocycles. The van der Waals surface area contributed by atoms with Crippen LogP contribution in [0.5, 0.6) is 0 Å². The number of halogens is 1. The summed E-state index contributed by atoms with van der Waals surface area (Å²) >= 11 is 7.16. The highest BCUT2D eigenvalue weighted by atomic mass is 35.5. The van der Waals surface area contributed by atoms with Crippen molar-refractivity contribution in [1.82, 2.24) is 10.3 Å². The zero-order valence-electron chi connectivity index (χ0n) is 12.3. The van der Waals surface area contributed by atoms with Gasteiger partial charge in [0.2, 0.25) is 0 Å². The summed E-state index contributed by atoms with van der Waals surface area (Å²) in [6.45, 7) is 1.00. The molecule has 0 unspecified atom stereocenters.